The number of carboxylic acids is 1. The van der Waals surface area contributed by atoms with Crippen molar-refractivity contribution in [2.24, 2.45) is 0 Å². The second kappa shape index (κ2) is 5.76. The van der Waals surface area contributed by atoms with Crippen LogP contribution in [0.25, 0.3) is 0 Å². The summed E-state index contributed by atoms with van der Waals surface area (Å²) in [6.07, 6.45) is 0. The predicted molar refractivity (Wildman–Crippen MR) is 71.3 cm³/mol. The average molecular weight is 276 g/mol. The molecule has 0 aliphatic heterocycles. The van der Waals surface area contributed by atoms with Crippen LogP contribution in [-0.2, 0) is 6.61 Å². The minimum absolute atomic E-state index is 0.158. The summed E-state index contributed by atoms with van der Waals surface area (Å²) in [5.41, 5.74) is 2.00. The normalized spacial score (nSPS) is 10.2. The largest absolute Gasteiger partial charge is 0.545 e. The third-order valence-corrected chi connectivity index (χ3v) is 3.15. The summed E-state index contributed by atoms with van der Waals surface area (Å²) in [6, 6.07) is 11.8. The molecule has 0 radical (unpaired) electrons. The van der Waals surface area contributed by atoms with E-state index in [0.29, 0.717) is 11.6 Å². The second-order valence-electron chi connectivity index (χ2n) is 4.18. The number of hydrogen-bond acceptors (Lipinski definition) is 3. The van der Waals surface area contributed by atoms with Gasteiger partial charge in [0, 0.05) is 5.02 Å². The van der Waals surface area contributed by atoms with E-state index in [1.54, 1.807) is 24.3 Å². The highest BCUT2D eigenvalue weighted by Gasteiger charge is 2.00. The van der Waals surface area contributed by atoms with Crippen LogP contribution in [0.1, 0.15) is 21.5 Å². The maximum Gasteiger partial charge on any atom is 0.120 e. The lowest BCUT2D eigenvalue weighted by Gasteiger charge is -2.09. The Hall–Kier alpha value is -2.00. The van der Waals surface area contributed by atoms with Crippen LogP contribution >= 0.6 is 11.6 Å². The first-order valence-corrected chi connectivity index (χ1v) is 6.13. The van der Waals surface area contributed by atoms with Gasteiger partial charge in [-0.25, -0.2) is 0 Å². The molecule has 2 rings (SSSR count). The molecule has 0 saturated heterocycles. The third-order valence-electron chi connectivity index (χ3n) is 2.72. The van der Waals surface area contributed by atoms with Crippen molar-refractivity contribution in [1.29, 1.82) is 0 Å². The van der Waals surface area contributed by atoms with Crippen molar-refractivity contribution in [3.8, 4) is 5.75 Å². The van der Waals surface area contributed by atoms with E-state index in [1.807, 2.05) is 13.0 Å². The molecule has 2 aromatic rings. The SMILES string of the molecule is Cc1cc(OCc2ccc(C(=O)[O-])cc2)ccc1Cl. The van der Waals surface area contributed by atoms with Crippen LogP contribution in [0.2, 0.25) is 5.02 Å². The van der Waals surface area contributed by atoms with Crippen LogP contribution in [-0.4, -0.2) is 5.97 Å². The lowest BCUT2D eigenvalue weighted by molar-refractivity contribution is -0.255. The Bertz CT molecular complexity index is 591. The quantitative estimate of drug-likeness (QED) is 0.862. The van der Waals surface area contributed by atoms with Crippen molar-refractivity contribution in [2.45, 2.75) is 13.5 Å². The monoisotopic (exact) mass is 275 g/mol. The standard InChI is InChI=1S/C15H13ClO3/c1-10-8-13(6-7-14(10)16)19-9-11-2-4-12(5-3-11)15(17)18/h2-8H,9H2,1H3,(H,17,18)/p-1. The molecule has 3 nitrogen and oxygen atoms in total. The van der Waals surface area contributed by atoms with Crippen molar-refractivity contribution >= 4 is 17.6 Å². The van der Waals surface area contributed by atoms with Crippen molar-refractivity contribution in [1.82, 2.24) is 0 Å². The lowest BCUT2D eigenvalue weighted by Crippen LogP contribution is -2.22. The molecule has 0 fully saturated rings. The average Bonchev–Trinajstić information content (AvgIpc) is 2.40. The highest BCUT2D eigenvalue weighted by molar-refractivity contribution is 6.31. The second-order valence-corrected chi connectivity index (χ2v) is 4.59. The minimum atomic E-state index is -1.18. The molecule has 4 heteroatoms. The van der Waals surface area contributed by atoms with Gasteiger partial charge in [-0.2, -0.15) is 0 Å². The molecular formula is C15H12ClO3-. The number of carbonyl (C=O) groups excluding carboxylic acids is 1. The van der Waals surface area contributed by atoms with E-state index in [1.165, 1.54) is 12.1 Å². The van der Waals surface area contributed by atoms with E-state index < -0.39 is 5.97 Å². The number of carbonyl (C=O) groups is 1. The fraction of sp³-hybridized carbons (Fsp3) is 0.133. The third kappa shape index (κ3) is 3.48. The topological polar surface area (TPSA) is 49.4 Å². The van der Waals surface area contributed by atoms with Gasteiger partial charge in [-0.3, -0.25) is 0 Å². The lowest BCUT2D eigenvalue weighted by atomic mass is 10.1. The zero-order chi connectivity index (χ0) is 13.8. The molecule has 0 aromatic heterocycles. The highest BCUT2D eigenvalue weighted by Crippen LogP contribution is 2.21. The van der Waals surface area contributed by atoms with Crippen molar-refractivity contribution in [2.75, 3.05) is 0 Å². The van der Waals surface area contributed by atoms with Crippen LogP contribution < -0.4 is 9.84 Å². The number of hydrogen-bond donors (Lipinski definition) is 0. The highest BCUT2D eigenvalue weighted by atomic mass is 35.5. The summed E-state index contributed by atoms with van der Waals surface area (Å²) in [6.45, 7) is 2.28. The zero-order valence-electron chi connectivity index (χ0n) is 10.4. The van der Waals surface area contributed by atoms with Crippen LogP contribution in [0.4, 0.5) is 0 Å². The van der Waals surface area contributed by atoms with Crippen molar-refractivity contribution in [3.63, 3.8) is 0 Å². The van der Waals surface area contributed by atoms with Gasteiger partial charge in [0.25, 0.3) is 0 Å². The van der Waals surface area contributed by atoms with Crippen LogP contribution in [0, 0.1) is 6.92 Å². The molecular weight excluding hydrogens is 264 g/mol. The summed E-state index contributed by atoms with van der Waals surface area (Å²) >= 11 is 5.93. The number of benzene rings is 2. The van der Waals surface area contributed by atoms with E-state index in [9.17, 15) is 9.90 Å². The first-order chi connectivity index (χ1) is 9.06. The molecule has 0 spiro atoms. The van der Waals surface area contributed by atoms with Crippen molar-refractivity contribution < 1.29 is 14.6 Å². The summed E-state index contributed by atoms with van der Waals surface area (Å²) in [4.78, 5) is 10.6. The van der Waals surface area contributed by atoms with Gasteiger partial charge in [-0.05, 0) is 41.8 Å². The van der Waals surface area contributed by atoms with E-state index in [-0.39, 0.29) is 5.56 Å². The minimum Gasteiger partial charge on any atom is -0.545 e. The Morgan fingerprint density at radius 3 is 2.47 bits per heavy atom. The van der Waals surface area contributed by atoms with E-state index in [4.69, 9.17) is 16.3 Å². The van der Waals surface area contributed by atoms with Gasteiger partial charge in [0.15, 0.2) is 0 Å². The van der Waals surface area contributed by atoms with E-state index in [2.05, 4.69) is 0 Å². The molecule has 0 saturated carbocycles. The molecule has 0 atom stereocenters. The Labute approximate surface area is 116 Å². The number of aromatic carboxylic acids is 1. The summed E-state index contributed by atoms with van der Waals surface area (Å²) in [5, 5.41) is 11.3. The molecule has 98 valence electrons. The maximum atomic E-state index is 10.6. The Kier molecular flexibility index (Phi) is 4.07. The van der Waals surface area contributed by atoms with Gasteiger partial charge in [0.05, 0.1) is 5.97 Å². The molecule has 2 aromatic carbocycles. The van der Waals surface area contributed by atoms with Gasteiger partial charge < -0.3 is 14.6 Å². The van der Waals surface area contributed by atoms with Crippen LogP contribution in [0.5, 0.6) is 5.75 Å². The Balaban J connectivity index is 2.01. The first-order valence-electron chi connectivity index (χ1n) is 5.75. The molecule has 0 heterocycles. The zero-order valence-corrected chi connectivity index (χ0v) is 11.1. The smallest absolute Gasteiger partial charge is 0.120 e. The fourth-order valence-corrected chi connectivity index (χ4v) is 1.73. The van der Waals surface area contributed by atoms with E-state index in [0.717, 1.165) is 16.9 Å². The van der Waals surface area contributed by atoms with Gasteiger partial charge in [-0.1, -0.05) is 35.9 Å². The molecule has 0 bridgehead atoms. The van der Waals surface area contributed by atoms with Gasteiger partial charge in [0.2, 0.25) is 0 Å². The number of carboxylic acid groups (broad SMARTS) is 1. The molecule has 0 aliphatic rings. The summed E-state index contributed by atoms with van der Waals surface area (Å²) in [7, 11) is 0. The fourth-order valence-electron chi connectivity index (χ4n) is 1.61. The molecule has 0 aliphatic carbocycles. The predicted octanol–water partition coefficient (Wildman–Crippen LogP) is 2.59. The number of halogens is 1. The number of aryl methyl sites for hydroxylation is 1. The summed E-state index contributed by atoms with van der Waals surface area (Å²) in [5.74, 6) is -0.452. The van der Waals surface area contributed by atoms with Crippen LogP contribution in [0.15, 0.2) is 42.5 Å². The number of ether oxygens (including phenoxy) is 1. The molecule has 0 amide bonds. The Morgan fingerprint density at radius 1 is 1.21 bits per heavy atom. The summed E-state index contributed by atoms with van der Waals surface area (Å²) < 4.78 is 5.61. The molecule has 0 N–H and O–H groups in total. The van der Waals surface area contributed by atoms with Crippen LogP contribution in [0.3, 0.4) is 0 Å². The van der Waals surface area contributed by atoms with E-state index >= 15 is 0 Å². The first kappa shape index (κ1) is 13.4. The van der Waals surface area contributed by atoms with Gasteiger partial charge in [0.1, 0.15) is 12.4 Å². The maximum absolute atomic E-state index is 10.6. The molecule has 19 heavy (non-hydrogen) atoms. The Morgan fingerprint density at radius 2 is 1.89 bits per heavy atom. The van der Waals surface area contributed by atoms with Gasteiger partial charge >= 0.3 is 0 Å². The van der Waals surface area contributed by atoms with Gasteiger partial charge in [-0.15, -0.1) is 0 Å². The molecule has 0 unspecified atom stereocenters. The number of rotatable bonds is 4. The van der Waals surface area contributed by atoms with Crippen molar-refractivity contribution in [3.05, 3.63) is 64.2 Å².